The number of phosphoric acid groups is 1. The number of aliphatic hydroxyl groups is 1. The summed E-state index contributed by atoms with van der Waals surface area (Å²) in [5.74, 6) is -1.51. The van der Waals surface area contributed by atoms with E-state index in [9.17, 15) is 28.9 Å². The number of carbonyl (C=O) groups excluding carboxylic acids is 3. The van der Waals surface area contributed by atoms with E-state index < -0.39 is 57.8 Å². The van der Waals surface area contributed by atoms with Crippen molar-refractivity contribution in [3.05, 3.63) is 85.1 Å². The van der Waals surface area contributed by atoms with Crippen LogP contribution in [0.15, 0.2) is 85.1 Å². The molecule has 0 amide bonds. The largest absolute Gasteiger partial charge is 0.472 e. The molecule has 0 aliphatic heterocycles. The maximum absolute atomic E-state index is 12.9. The van der Waals surface area contributed by atoms with Crippen molar-refractivity contribution in [2.24, 2.45) is 0 Å². The second-order valence-corrected chi connectivity index (χ2v) is 20.9. The van der Waals surface area contributed by atoms with Crippen molar-refractivity contribution in [3.63, 3.8) is 0 Å². The predicted octanol–water partition coefficient (Wildman–Crippen LogP) is 17.5. The Morgan fingerprint density at radius 3 is 1.12 bits per heavy atom. The minimum Gasteiger partial charge on any atom is -0.462 e. The van der Waals surface area contributed by atoms with Gasteiger partial charge >= 0.3 is 25.7 Å². The van der Waals surface area contributed by atoms with Crippen molar-refractivity contribution in [2.45, 2.75) is 264 Å². The maximum Gasteiger partial charge on any atom is 0.472 e. The lowest BCUT2D eigenvalue weighted by Gasteiger charge is -2.21. The maximum atomic E-state index is 12.9. The van der Waals surface area contributed by atoms with Gasteiger partial charge in [-0.25, -0.2) is 4.57 Å². The Labute approximate surface area is 451 Å². The lowest BCUT2D eigenvalue weighted by molar-refractivity contribution is -0.161. The van der Waals surface area contributed by atoms with Crippen LogP contribution in [-0.2, 0) is 42.2 Å². The van der Waals surface area contributed by atoms with E-state index in [0.717, 1.165) is 109 Å². The summed E-state index contributed by atoms with van der Waals surface area (Å²) in [5, 5.41) is 9.82. The Kier molecular flexibility index (Phi) is 53.4. The van der Waals surface area contributed by atoms with Crippen molar-refractivity contribution in [1.82, 2.24) is 0 Å². The Morgan fingerprint density at radius 2 is 0.703 bits per heavy atom. The lowest BCUT2D eigenvalue weighted by Crippen LogP contribution is -2.30. The van der Waals surface area contributed by atoms with Gasteiger partial charge in [-0.2, -0.15) is 0 Å². The number of esters is 3. The zero-order valence-electron chi connectivity index (χ0n) is 47.0. The van der Waals surface area contributed by atoms with E-state index >= 15 is 0 Å². The van der Waals surface area contributed by atoms with Crippen molar-refractivity contribution in [2.75, 3.05) is 26.4 Å². The molecule has 3 unspecified atom stereocenters. The zero-order valence-corrected chi connectivity index (χ0v) is 47.9. The fourth-order valence-electron chi connectivity index (χ4n) is 7.82. The van der Waals surface area contributed by atoms with E-state index in [4.69, 9.17) is 23.3 Å². The van der Waals surface area contributed by atoms with Gasteiger partial charge in [0.15, 0.2) is 6.10 Å². The highest BCUT2D eigenvalue weighted by atomic mass is 31.2. The number of phosphoric ester groups is 1. The molecular weight excluding hydrogens is 952 g/mol. The molecule has 0 aromatic rings. The smallest absolute Gasteiger partial charge is 0.462 e. The first-order valence-electron chi connectivity index (χ1n) is 29.5. The third-order valence-electron chi connectivity index (χ3n) is 12.3. The molecule has 0 heterocycles. The van der Waals surface area contributed by atoms with Gasteiger partial charge in [-0.3, -0.25) is 23.4 Å². The second-order valence-electron chi connectivity index (χ2n) is 19.4. The minimum absolute atomic E-state index is 0.127. The highest BCUT2D eigenvalue weighted by molar-refractivity contribution is 7.47. The molecule has 0 fully saturated rings. The Morgan fingerprint density at radius 1 is 0.392 bits per heavy atom. The highest BCUT2D eigenvalue weighted by Gasteiger charge is 2.28. The van der Waals surface area contributed by atoms with E-state index in [1.165, 1.54) is 83.5 Å². The molecule has 426 valence electrons. The van der Waals surface area contributed by atoms with Gasteiger partial charge in [0.05, 0.1) is 19.8 Å². The van der Waals surface area contributed by atoms with Crippen LogP contribution in [0.1, 0.15) is 252 Å². The summed E-state index contributed by atoms with van der Waals surface area (Å²) in [6.07, 6.45) is 63.9. The topological polar surface area (TPSA) is 155 Å². The first-order chi connectivity index (χ1) is 36.2. The Bertz CT molecular complexity index is 1560. The van der Waals surface area contributed by atoms with Crippen molar-refractivity contribution >= 4 is 25.7 Å². The minimum atomic E-state index is -4.76. The zero-order chi connectivity index (χ0) is 54.1. The first-order valence-corrected chi connectivity index (χ1v) is 31.0. The number of unbranched alkanes of at least 4 members (excludes halogenated alkanes) is 23. The molecule has 0 saturated heterocycles. The van der Waals surface area contributed by atoms with Gasteiger partial charge in [0.1, 0.15) is 12.7 Å². The van der Waals surface area contributed by atoms with E-state index in [-0.39, 0.29) is 25.9 Å². The molecule has 0 rings (SSSR count). The number of aliphatic hydroxyl groups excluding tert-OH is 1. The normalized spacial score (nSPS) is 14.0. The van der Waals surface area contributed by atoms with Gasteiger partial charge in [-0.15, -0.1) is 0 Å². The number of hydrogen-bond acceptors (Lipinski definition) is 10. The first kappa shape index (κ1) is 70.7. The number of hydrogen-bond donors (Lipinski definition) is 2. The van der Waals surface area contributed by atoms with E-state index in [1.54, 1.807) is 0 Å². The third kappa shape index (κ3) is 53.5. The summed E-state index contributed by atoms with van der Waals surface area (Å²) in [5.41, 5.74) is 0. The van der Waals surface area contributed by atoms with Crippen molar-refractivity contribution < 1.29 is 52.2 Å². The average Bonchev–Trinajstić information content (AvgIpc) is 3.39. The molecule has 0 radical (unpaired) electrons. The molecule has 12 heteroatoms. The third-order valence-corrected chi connectivity index (χ3v) is 13.3. The van der Waals surface area contributed by atoms with Crippen molar-refractivity contribution in [1.29, 1.82) is 0 Å². The highest BCUT2D eigenvalue weighted by Crippen LogP contribution is 2.43. The van der Waals surface area contributed by atoms with E-state index in [1.807, 2.05) is 0 Å². The SMILES string of the molecule is CC/C=C\C/C=C\C/C=C\C/C=C\C/C=C\CCCCCC(=O)OC(COC(=O)CCCCCCCCCCCCC)COP(=O)(O)OCC(CO)OC(=O)CCCCCCCCC/C=C\C/C=C\CCCCC. The molecule has 0 bridgehead atoms. The fraction of sp³-hybridized carbons (Fsp3) is 0.726. The van der Waals surface area contributed by atoms with Crippen LogP contribution in [0.5, 0.6) is 0 Å². The molecule has 0 aliphatic carbocycles. The molecule has 74 heavy (non-hydrogen) atoms. The number of rotatable bonds is 54. The van der Waals surface area contributed by atoms with E-state index in [0.29, 0.717) is 19.3 Å². The molecule has 3 atom stereocenters. The van der Waals surface area contributed by atoms with Gasteiger partial charge in [0, 0.05) is 19.3 Å². The lowest BCUT2D eigenvalue weighted by atomic mass is 10.1. The van der Waals surface area contributed by atoms with Crippen LogP contribution in [0.25, 0.3) is 0 Å². The van der Waals surface area contributed by atoms with Crippen LogP contribution < -0.4 is 0 Å². The van der Waals surface area contributed by atoms with Gasteiger partial charge in [-0.1, -0.05) is 221 Å². The summed E-state index contributed by atoms with van der Waals surface area (Å²) >= 11 is 0. The van der Waals surface area contributed by atoms with Crippen LogP contribution in [0.4, 0.5) is 0 Å². The van der Waals surface area contributed by atoms with Crippen LogP contribution in [0.3, 0.4) is 0 Å². The van der Waals surface area contributed by atoms with Crippen LogP contribution in [0, 0.1) is 0 Å². The number of ether oxygens (including phenoxy) is 3. The van der Waals surface area contributed by atoms with Gasteiger partial charge in [0.2, 0.25) is 0 Å². The summed E-state index contributed by atoms with van der Waals surface area (Å²) in [7, 11) is -4.76. The summed E-state index contributed by atoms with van der Waals surface area (Å²) in [6.45, 7) is 4.46. The Hall–Kier alpha value is -3.34. The molecule has 11 nitrogen and oxygen atoms in total. The summed E-state index contributed by atoms with van der Waals surface area (Å²) < 4.78 is 39.5. The van der Waals surface area contributed by atoms with E-state index in [2.05, 4.69) is 106 Å². The second kappa shape index (κ2) is 55.9. The number of carbonyl (C=O) groups is 3. The van der Waals surface area contributed by atoms with Crippen molar-refractivity contribution in [3.8, 4) is 0 Å². The molecule has 0 spiro atoms. The van der Waals surface area contributed by atoms with Crippen LogP contribution in [0.2, 0.25) is 0 Å². The quantitative estimate of drug-likeness (QED) is 0.0197. The molecule has 0 aromatic carbocycles. The molecular formula is C62H107O11P. The van der Waals surface area contributed by atoms with Crippen LogP contribution >= 0.6 is 7.82 Å². The number of allylic oxidation sites excluding steroid dienone is 14. The summed E-state index contributed by atoms with van der Waals surface area (Å²) in [4.78, 5) is 48.5. The van der Waals surface area contributed by atoms with Gasteiger partial charge < -0.3 is 24.2 Å². The van der Waals surface area contributed by atoms with Gasteiger partial charge in [0.25, 0.3) is 0 Å². The standard InChI is InChI=1S/C62H107O11P/c1-4-7-10-13-16-19-22-24-26-28-29-31-33-35-38-41-44-47-50-53-62(66)73-59(55-69-60(64)51-48-45-42-39-36-21-18-15-12-9-6-3)57-71-74(67,68)70-56-58(54-63)72-61(65)52-49-46-43-40-37-34-32-30-27-25-23-20-17-14-11-8-5-2/h7,10,16-17,19-20,24-27,29,31,35,38,58-59,63H,4-6,8-9,11-15,18,21-23,28,30,32-34,36-37,39-57H2,1-3H3,(H,67,68)/b10-7-,19-16-,20-17-,26-24-,27-25-,31-29-,38-35-. The predicted molar refractivity (Wildman–Crippen MR) is 307 cm³/mol. The molecule has 2 N–H and O–H groups in total. The molecule has 0 aliphatic rings. The van der Waals surface area contributed by atoms with Crippen LogP contribution in [-0.4, -0.2) is 66.5 Å². The monoisotopic (exact) mass is 1060 g/mol. The molecule has 0 saturated carbocycles. The average molecular weight is 1060 g/mol. The fourth-order valence-corrected chi connectivity index (χ4v) is 8.61. The van der Waals surface area contributed by atoms with Gasteiger partial charge in [-0.05, 0) is 96.3 Å². The summed E-state index contributed by atoms with van der Waals surface area (Å²) in [6, 6.07) is 0. The Balaban J connectivity index is 4.73. The molecule has 0 aromatic heterocycles.